The Labute approximate surface area is 104 Å². The van der Waals surface area contributed by atoms with Crippen molar-refractivity contribution in [3.8, 4) is 0 Å². The molecule has 1 aliphatic carbocycles. The highest BCUT2D eigenvalue weighted by Gasteiger charge is 2.46. The minimum Gasteiger partial charge on any atom is -0.480 e. The highest BCUT2D eigenvalue weighted by molar-refractivity contribution is 5.78. The summed E-state index contributed by atoms with van der Waals surface area (Å²) in [6.45, 7) is 4.87. The Morgan fingerprint density at radius 3 is 2.47 bits per heavy atom. The van der Waals surface area contributed by atoms with E-state index in [1.807, 2.05) is 13.8 Å². The summed E-state index contributed by atoms with van der Waals surface area (Å²) in [5, 5.41) is 9.51. The van der Waals surface area contributed by atoms with Crippen molar-refractivity contribution in [2.75, 3.05) is 6.54 Å². The van der Waals surface area contributed by atoms with Gasteiger partial charge >= 0.3 is 5.97 Å². The first kappa shape index (κ1) is 12.9. The normalized spacial score (nSPS) is 30.6. The molecule has 0 amide bonds. The van der Waals surface area contributed by atoms with Gasteiger partial charge in [0.1, 0.15) is 5.54 Å². The van der Waals surface area contributed by atoms with Crippen LogP contribution in [0, 0.1) is 5.92 Å². The van der Waals surface area contributed by atoms with Crippen molar-refractivity contribution >= 4 is 5.97 Å². The van der Waals surface area contributed by atoms with E-state index in [2.05, 4.69) is 4.90 Å². The van der Waals surface area contributed by atoms with Crippen LogP contribution in [0.2, 0.25) is 0 Å². The van der Waals surface area contributed by atoms with Crippen LogP contribution >= 0.6 is 0 Å². The maximum atomic E-state index is 11.6. The summed E-state index contributed by atoms with van der Waals surface area (Å²) in [7, 11) is 0. The summed E-state index contributed by atoms with van der Waals surface area (Å²) in [5.41, 5.74) is -0.649. The molecule has 2 aliphatic rings. The predicted molar refractivity (Wildman–Crippen MR) is 68.0 cm³/mol. The molecule has 3 nitrogen and oxygen atoms in total. The van der Waals surface area contributed by atoms with Gasteiger partial charge in [-0.05, 0) is 51.5 Å². The van der Waals surface area contributed by atoms with Crippen molar-refractivity contribution in [3.63, 3.8) is 0 Å². The molecule has 1 saturated carbocycles. The first-order valence-corrected chi connectivity index (χ1v) is 7.09. The smallest absolute Gasteiger partial charge is 0.323 e. The Kier molecular flexibility index (Phi) is 3.76. The van der Waals surface area contributed by atoms with Crippen LogP contribution in [0.25, 0.3) is 0 Å². The summed E-state index contributed by atoms with van der Waals surface area (Å²) in [4.78, 5) is 13.9. The fourth-order valence-corrected chi connectivity index (χ4v) is 3.71. The van der Waals surface area contributed by atoms with E-state index in [0.717, 1.165) is 12.5 Å². The average Bonchev–Trinajstić information content (AvgIpc) is 2.97. The lowest BCUT2D eigenvalue weighted by molar-refractivity contribution is -0.152. The molecule has 0 bridgehead atoms. The Morgan fingerprint density at radius 1 is 1.29 bits per heavy atom. The van der Waals surface area contributed by atoms with Gasteiger partial charge in [0.15, 0.2) is 0 Å². The van der Waals surface area contributed by atoms with Gasteiger partial charge in [-0.25, -0.2) is 0 Å². The van der Waals surface area contributed by atoms with Crippen LogP contribution in [0.15, 0.2) is 0 Å². The molecule has 3 heteroatoms. The lowest BCUT2D eigenvalue weighted by atomic mass is 9.90. The summed E-state index contributed by atoms with van der Waals surface area (Å²) < 4.78 is 0. The van der Waals surface area contributed by atoms with Gasteiger partial charge in [0.25, 0.3) is 0 Å². The third-order valence-electron chi connectivity index (χ3n) is 5.03. The molecule has 0 spiro atoms. The number of carbonyl (C=O) groups is 1. The molecule has 1 N–H and O–H groups in total. The van der Waals surface area contributed by atoms with E-state index in [1.165, 1.54) is 38.5 Å². The lowest BCUT2D eigenvalue weighted by Crippen LogP contribution is -2.55. The zero-order valence-corrected chi connectivity index (χ0v) is 11.1. The average molecular weight is 239 g/mol. The molecular formula is C14H25NO2. The van der Waals surface area contributed by atoms with Crippen molar-refractivity contribution in [1.82, 2.24) is 4.90 Å². The summed E-state index contributed by atoms with van der Waals surface area (Å²) in [5.74, 6) is 0.104. The Morgan fingerprint density at radius 2 is 1.94 bits per heavy atom. The standard InChI is InChI=1S/C14H25NO2/c1-3-14(2,13(16)17)15-10-6-9-12(15)11-7-4-5-8-11/h11-12H,3-10H2,1-2H3,(H,16,17). The van der Waals surface area contributed by atoms with E-state index < -0.39 is 11.5 Å². The molecule has 2 unspecified atom stereocenters. The second-order valence-corrected chi connectivity index (χ2v) is 5.88. The van der Waals surface area contributed by atoms with E-state index in [4.69, 9.17) is 0 Å². The Bertz CT molecular complexity index is 286. The minimum absolute atomic E-state index is 0.526. The number of nitrogens with zero attached hydrogens (tertiary/aromatic N) is 1. The third-order valence-corrected chi connectivity index (χ3v) is 5.03. The first-order valence-electron chi connectivity index (χ1n) is 7.09. The number of carboxylic acids is 1. The second kappa shape index (κ2) is 4.97. The highest BCUT2D eigenvalue weighted by atomic mass is 16.4. The topological polar surface area (TPSA) is 40.5 Å². The molecule has 1 saturated heterocycles. The van der Waals surface area contributed by atoms with Gasteiger partial charge < -0.3 is 5.11 Å². The molecule has 2 fully saturated rings. The van der Waals surface area contributed by atoms with E-state index in [9.17, 15) is 9.90 Å². The predicted octanol–water partition coefficient (Wildman–Crippen LogP) is 2.89. The quantitative estimate of drug-likeness (QED) is 0.820. The first-order chi connectivity index (χ1) is 8.09. The van der Waals surface area contributed by atoms with Crippen LogP contribution in [-0.2, 0) is 4.79 Å². The summed E-state index contributed by atoms with van der Waals surface area (Å²) in [6, 6.07) is 0.526. The minimum atomic E-state index is -0.649. The lowest BCUT2D eigenvalue weighted by Gasteiger charge is -2.40. The molecule has 2 rings (SSSR count). The third kappa shape index (κ3) is 2.22. The van der Waals surface area contributed by atoms with Crippen molar-refractivity contribution in [2.24, 2.45) is 5.92 Å². The number of rotatable bonds is 4. The number of hydrogen-bond acceptors (Lipinski definition) is 2. The van der Waals surface area contributed by atoms with Crippen LogP contribution in [0.4, 0.5) is 0 Å². The molecule has 2 atom stereocenters. The molecule has 0 aromatic carbocycles. The van der Waals surface area contributed by atoms with E-state index >= 15 is 0 Å². The zero-order valence-electron chi connectivity index (χ0n) is 11.1. The van der Waals surface area contributed by atoms with Crippen LogP contribution in [-0.4, -0.2) is 34.1 Å². The van der Waals surface area contributed by atoms with Crippen LogP contribution < -0.4 is 0 Å². The maximum absolute atomic E-state index is 11.6. The molecule has 0 aromatic heterocycles. The van der Waals surface area contributed by atoms with Gasteiger partial charge in [-0.1, -0.05) is 19.8 Å². The molecule has 0 radical (unpaired) electrons. The Hall–Kier alpha value is -0.570. The Balaban J connectivity index is 2.15. The van der Waals surface area contributed by atoms with Gasteiger partial charge in [0, 0.05) is 6.04 Å². The van der Waals surface area contributed by atoms with Crippen LogP contribution in [0.5, 0.6) is 0 Å². The number of likely N-dealkylation sites (tertiary alicyclic amines) is 1. The zero-order chi connectivity index (χ0) is 12.5. The highest BCUT2D eigenvalue weighted by Crippen LogP contribution is 2.39. The largest absolute Gasteiger partial charge is 0.480 e. The van der Waals surface area contributed by atoms with Crippen LogP contribution in [0.3, 0.4) is 0 Å². The molecule has 1 heterocycles. The van der Waals surface area contributed by atoms with E-state index in [1.54, 1.807) is 0 Å². The van der Waals surface area contributed by atoms with Gasteiger partial charge in [-0.15, -0.1) is 0 Å². The van der Waals surface area contributed by atoms with Gasteiger partial charge in [0.2, 0.25) is 0 Å². The van der Waals surface area contributed by atoms with Crippen molar-refractivity contribution in [3.05, 3.63) is 0 Å². The van der Waals surface area contributed by atoms with E-state index in [-0.39, 0.29) is 0 Å². The maximum Gasteiger partial charge on any atom is 0.323 e. The SMILES string of the molecule is CCC(C)(C(=O)O)N1CCCC1C1CCCC1. The molecule has 1 aliphatic heterocycles. The summed E-state index contributed by atoms with van der Waals surface area (Å²) >= 11 is 0. The number of carboxylic acid groups (broad SMARTS) is 1. The van der Waals surface area contributed by atoms with Gasteiger partial charge in [-0.2, -0.15) is 0 Å². The monoisotopic (exact) mass is 239 g/mol. The fourth-order valence-electron chi connectivity index (χ4n) is 3.71. The summed E-state index contributed by atoms with van der Waals surface area (Å²) in [6.07, 6.45) is 8.36. The fraction of sp³-hybridized carbons (Fsp3) is 0.929. The molecule has 17 heavy (non-hydrogen) atoms. The molecule has 0 aromatic rings. The van der Waals surface area contributed by atoms with Crippen molar-refractivity contribution in [2.45, 2.75) is 70.4 Å². The number of aliphatic carboxylic acids is 1. The van der Waals surface area contributed by atoms with Gasteiger partial charge in [0.05, 0.1) is 0 Å². The van der Waals surface area contributed by atoms with Gasteiger partial charge in [-0.3, -0.25) is 9.69 Å². The van der Waals surface area contributed by atoms with Crippen molar-refractivity contribution in [1.29, 1.82) is 0 Å². The molecule has 98 valence electrons. The van der Waals surface area contributed by atoms with E-state index in [0.29, 0.717) is 12.5 Å². The van der Waals surface area contributed by atoms with Crippen LogP contribution in [0.1, 0.15) is 58.8 Å². The van der Waals surface area contributed by atoms with Crippen molar-refractivity contribution < 1.29 is 9.90 Å². The second-order valence-electron chi connectivity index (χ2n) is 5.88. The molecular weight excluding hydrogens is 214 g/mol. The number of hydrogen-bond donors (Lipinski definition) is 1.